The quantitative estimate of drug-likeness (QED) is 0.162. The van der Waals surface area contributed by atoms with Crippen LogP contribution in [0.25, 0.3) is 0 Å². The largest absolute Gasteiger partial charge is 0.497 e. The lowest BCUT2D eigenvalue weighted by Crippen LogP contribution is -2.63. The maximum atomic E-state index is 12.7. The fourth-order valence-corrected chi connectivity index (χ4v) is 5.60. The van der Waals surface area contributed by atoms with E-state index in [2.05, 4.69) is 0 Å². The number of carboxylic acid groups (broad SMARTS) is 1. The highest BCUT2D eigenvalue weighted by molar-refractivity contribution is 5.83. The molecule has 1 N–H and O–H groups in total. The molecular formula is C37H48O11. The smallest absolute Gasteiger partial charge is 0.330 e. The van der Waals surface area contributed by atoms with Gasteiger partial charge in [0, 0.05) is 37.5 Å². The summed E-state index contributed by atoms with van der Waals surface area (Å²) >= 11 is 0. The lowest BCUT2D eigenvalue weighted by Gasteiger charge is -2.53. The summed E-state index contributed by atoms with van der Waals surface area (Å²) < 4.78 is 41.8. The molecule has 0 aromatic heterocycles. The second-order valence-corrected chi connectivity index (χ2v) is 12.1. The normalized spacial score (nSPS) is 21.9. The van der Waals surface area contributed by atoms with Crippen LogP contribution in [0.1, 0.15) is 58.1 Å². The molecule has 0 saturated carbocycles. The Kier molecular flexibility index (Phi) is 14.4. The van der Waals surface area contributed by atoms with E-state index in [0.29, 0.717) is 12.2 Å². The molecule has 1 unspecified atom stereocenters. The Morgan fingerprint density at radius 2 is 1.65 bits per heavy atom. The van der Waals surface area contributed by atoms with Crippen LogP contribution in [0.2, 0.25) is 0 Å². The van der Waals surface area contributed by atoms with Crippen molar-refractivity contribution in [2.24, 2.45) is 5.41 Å². The molecule has 262 valence electrons. The van der Waals surface area contributed by atoms with Crippen LogP contribution in [-0.4, -0.2) is 74.5 Å². The predicted octanol–water partition coefficient (Wildman–Crippen LogP) is 5.80. The van der Waals surface area contributed by atoms with Gasteiger partial charge in [-0.15, -0.1) is 0 Å². The molecule has 0 bridgehead atoms. The first-order valence-corrected chi connectivity index (χ1v) is 15.9. The SMILES string of the molecule is CCC(=O)O[C@H]1/C(=C/C(=O)OC)CC(C[C@@H](OCc2ccc(OC)cc2)[C@@H](C)OCc2ccccc2)O[C@@]1(OC)C(C)(C)/C=C/C(=O)O. The first-order valence-electron chi connectivity index (χ1n) is 15.9. The third-order valence-corrected chi connectivity index (χ3v) is 8.37. The summed E-state index contributed by atoms with van der Waals surface area (Å²) in [5.41, 5.74) is 1.12. The summed E-state index contributed by atoms with van der Waals surface area (Å²) in [4.78, 5) is 37.0. The van der Waals surface area contributed by atoms with Gasteiger partial charge in [-0.25, -0.2) is 9.59 Å². The Labute approximate surface area is 282 Å². The molecule has 11 heteroatoms. The van der Waals surface area contributed by atoms with Gasteiger partial charge in [-0.2, -0.15) is 0 Å². The highest BCUT2D eigenvalue weighted by Gasteiger charge is 2.59. The first-order chi connectivity index (χ1) is 22.9. The van der Waals surface area contributed by atoms with Crippen LogP contribution in [-0.2, 0) is 56.0 Å². The highest BCUT2D eigenvalue weighted by Crippen LogP contribution is 2.48. The van der Waals surface area contributed by atoms with E-state index in [9.17, 15) is 19.5 Å². The van der Waals surface area contributed by atoms with Crippen molar-refractivity contribution in [3.8, 4) is 5.75 Å². The van der Waals surface area contributed by atoms with Gasteiger partial charge in [0.1, 0.15) is 5.75 Å². The predicted molar refractivity (Wildman–Crippen MR) is 177 cm³/mol. The minimum Gasteiger partial charge on any atom is -0.497 e. The Morgan fingerprint density at radius 3 is 2.23 bits per heavy atom. The molecule has 48 heavy (non-hydrogen) atoms. The average molecular weight is 669 g/mol. The molecule has 1 aliphatic heterocycles. The minimum absolute atomic E-state index is 0.0498. The zero-order valence-electron chi connectivity index (χ0n) is 28.8. The molecule has 0 spiro atoms. The second-order valence-electron chi connectivity index (χ2n) is 12.1. The van der Waals surface area contributed by atoms with Gasteiger partial charge in [0.15, 0.2) is 6.10 Å². The number of hydrogen-bond acceptors (Lipinski definition) is 10. The molecule has 3 rings (SSSR count). The van der Waals surface area contributed by atoms with Gasteiger partial charge < -0.3 is 38.3 Å². The minimum atomic E-state index is -1.75. The van der Waals surface area contributed by atoms with Crippen LogP contribution in [0.4, 0.5) is 0 Å². The second kappa shape index (κ2) is 17.9. The topological polar surface area (TPSA) is 136 Å². The van der Waals surface area contributed by atoms with Gasteiger partial charge in [0.2, 0.25) is 5.79 Å². The fraction of sp³-hybridized carbons (Fsp3) is 0.486. The van der Waals surface area contributed by atoms with Crippen LogP contribution in [0.3, 0.4) is 0 Å². The number of esters is 2. The van der Waals surface area contributed by atoms with Gasteiger partial charge in [-0.05, 0) is 42.2 Å². The van der Waals surface area contributed by atoms with E-state index in [1.165, 1.54) is 26.4 Å². The number of ether oxygens (including phenoxy) is 7. The Balaban J connectivity index is 2.03. The number of hydrogen-bond donors (Lipinski definition) is 1. The van der Waals surface area contributed by atoms with E-state index in [1.54, 1.807) is 27.9 Å². The van der Waals surface area contributed by atoms with Crippen molar-refractivity contribution in [2.75, 3.05) is 21.3 Å². The average Bonchev–Trinajstić information content (AvgIpc) is 3.09. The van der Waals surface area contributed by atoms with Gasteiger partial charge in [-0.1, -0.05) is 69.3 Å². The lowest BCUT2D eigenvalue weighted by molar-refractivity contribution is -0.339. The van der Waals surface area contributed by atoms with Crippen molar-refractivity contribution >= 4 is 17.9 Å². The van der Waals surface area contributed by atoms with E-state index < -0.39 is 53.5 Å². The first kappa shape index (κ1) is 38.4. The Morgan fingerprint density at radius 1 is 1.00 bits per heavy atom. The molecule has 0 amide bonds. The zero-order valence-corrected chi connectivity index (χ0v) is 28.8. The molecule has 1 aliphatic rings. The number of carbonyl (C=O) groups excluding carboxylic acids is 2. The van der Waals surface area contributed by atoms with Crippen molar-refractivity contribution < 1.29 is 52.6 Å². The maximum absolute atomic E-state index is 12.7. The van der Waals surface area contributed by atoms with Crippen LogP contribution >= 0.6 is 0 Å². The van der Waals surface area contributed by atoms with Gasteiger partial charge in [0.25, 0.3) is 0 Å². The maximum Gasteiger partial charge on any atom is 0.330 e. The molecule has 1 fully saturated rings. The van der Waals surface area contributed by atoms with Crippen molar-refractivity contribution in [2.45, 2.75) is 90.4 Å². The Bertz CT molecular complexity index is 1400. The van der Waals surface area contributed by atoms with Crippen molar-refractivity contribution in [3.63, 3.8) is 0 Å². The van der Waals surface area contributed by atoms with Gasteiger partial charge in [-0.3, -0.25) is 4.79 Å². The van der Waals surface area contributed by atoms with E-state index >= 15 is 0 Å². The molecular weight excluding hydrogens is 620 g/mol. The van der Waals surface area contributed by atoms with Crippen molar-refractivity contribution in [1.82, 2.24) is 0 Å². The number of rotatable bonds is 17. The monoisotopic (exact) mass is 668 g/mol. The molecule has 0 radical (unpaired) electrons. The standard InChI is InChI=1S/C37H48O11/c1-8-33(40)47-35-28(21-34(41)43-6)20-30(48-37(35,44-7)36(3,4)19-18-32(38)39)22-31(25(2)45-23-26-12-10-9-11-13-26)46-24-27-14-16-29(42-5)17-15-27/h9-19,21,25,30-31,35H,8,20,22-24H2,1-7H3,(H,38,39)/b19-18+,28-21+/t25-,30?,31-,35+,37-/m1/s1. The Hall–Kier alpha value is -4.03. The highest BCUT2D eigenvalue weighted by atomic mass is 16.7. The van der Waals surface area contributed by atoms with E-state index in [4.69, 9.17) is 33.2 Å². The van der Waals surface area contributed by atoms with E-state index in [1.807, 2.05) is 61.5 Å². The fourth-order valence-electron chi connectivity index (χ4n) is 5.60. The lowest BCUT2D eigenvalue weighted by atomic mass is 9.74. The van der Waals surface area contributed by atoms with Crippen LogP contribution in [0.5, 0.6) is 5.75 Å². The van der Waals surface area contributed by atoms with Crippen molar-refractivity contribution in [3.05, 3.63) is 89.5 Å². The summed E-state index contributed by atoms with van der Waals surface area (Å²) in [6, 6.07) is 17.3. The summed E-state index contributed by atoms with van der Waals surface area (Å²) in [6.45, 7) is 7.61. The summed E-state index contributed by atoms with van der Waals surface area (Å²) in [6.07, 6.45) is 1.39. The number of aliphatic carboxylic acids is 1. The molecule has 2 aromatic rings. The summed E-state index contributed by atoms with van der Waals surface area (Å²) in [5.74, 6) is -3.41. The summed E-state index contributed by atoms with van der Waals surface area (Å²) in [7, 11) is 4.25. The molecule has 2 aromatic carbocycles. The zero-order chi connectivity index (χ0) is 35.3. The third kappa shape index (κ3) is 10.2. The van der Waals surface area contributed by atoms with E-state index in [-0.39, 0.29) is 25.9 Å². The van der Waals surface area contributed by atoms with Gasteiger partial charge >= 0.3 is 17.9 Å². The number of carboxylic acids is 1. The molecule has 11 nitrogen and oxygen atoms in total. The molecule has 5 atom stereocenters. The molecule has 1 saturated heterocycles. The van der Waals surface area contributed by atoms with Crippen molar-refractivity contribution in [1.29, 1.82) is 0 Å². The third-order valence-electron chi connectivity index (χ3n) is 8.37. The summed E-state index contributed by atoms with van der Waals surface area (Å²) in [5, 5.41) is 9.47. The number of benzene rings is 2. The number of carbonyl (C=O) groups is 3. The van der Waals surface area contributed by atoms with E-state index in [0.717, 1.165) is 23.0 Å². The molecule has 1 heterocycles. The van der Waals surface area contributed by atoms with Crippen LogP contribution in [0, 0.1) is 5.41 Å². The van der Waals surface area contributed by atoms with Gasteiger partial charge in [0.05, 0.1) is 45.7 Å². The van der Waals surface area contributed by atoms with Crippen LogP contribution < -0.4 is 4.74 Å². The van der Waals surface area contributed by atoms with Crippen LogP contribution in [0.15, 0.2) is 78.4 Å². The molecule has 0 aliphatic carbocycles. The number of methoxy groups -OCH3 is 3.